The second kappa shape index (κ2) is 6.80. The van der Waals surface area contributed by atoms with Gasteiger partial charge in [-0.25, -0.2) is 0 Å². The first kappa shape index (κ1) is 17.0. The zero-order valence-corrected chi connectivity index (χ0v) is 14.0. The molecule has 1 aromatic rings. The third-order valence-corrected chi connectivity index (χ3v) is 4.14. The van der Waals surface area contributed by atoms with Crippen LogP contribution < -0.4 is 0 Å². The summed E-state index contributed by atoms with van der Waals surface area (Å²) >= 11 is 5.89. The maximum Gasteiger partial charge on any atom is 0.223 e. The molecular weight excluding hydrogens is 302 g/mol. The van der Waals surface area contributed by atoms with Crippen LogP contribution in [-0.4, -0.2) is 41.4 Å². The van der Waals surface area contributed by atoms with Crippen LogP contribution in [0.3, 0.4) is 0 Å². The van der Waals surface area contributed by atoms with E-state index in [0.29, 0.717) is 23.7 Å². The van der Waals surface area contributed by atoms with Crippen LogP contribution in [0.1, 0.15) is 44.0 Å². The van der Waals surface area contributed by atoms with Gasteiger partial charge in [0.1, 0.15) is 0 Å². The predicted octanol–water partition coefficient (Wildman–Crippen LogP) is 3.33. The highest BCUT2D eigenvalue weighted by Crippen LogP contribution is 2.23. The molecule has 1 aliphatic rings. The minimum Gasteiger partial charge on any atom is -0.374 e. The largest absolute Gasteiger partial charge is 0.374 e. The Morgan fingerprint density at radius 2 is 2.09 bits per heavy atom. The van der Waals surface area contributed by atoms with Gasteiger partial charge < -0.3 is 9.64 Å². The number of ketones is 1. The molecule has 1 aliphatic heterocycles. The molecule has 1 fully saturated rings. The van der Waals surface area contributed by atoms with E-state index in [1.54, 1.807) is 24.3 Å². The van der Waals surface area contributed by atoms with Crippen LogP contribution in [0.15, 0.2) is 24.3 Å². The van der Waals surface area contributed by atoms with E-state index < -0.39 is 0 Å². The van der Waals surface area contributed by atoms with Crippen LogP contribution in [0.4, 0.5) is 0 Å². The Balaban J connectivity index is 1.96. The smallest absolute Gasteiger partial charge is 0.223 e. The third kappa shape index (κ3) is 4.08. The van der Waals surface area contributed by atoms with E-state index in [9.17, 15) is 9.59 Å². The van der Waals surface area contributed by atoms with Crippen molar-refractivity contribution in [1.29, 1.82) is 0 Å². The lowest BCUT2D eigenvalue weighted by molar-refractivity contribution is -0.152. The number of hydrogen-bond acceptors (Lipinski definition) is 3. The average molecular weight is 324 g/mol. The summed E-state index contributed by atoms with van der Waals surface area (Å²) in [6, 6.07) is 6.82. The number of amides is 1. The van der Waals surface area contributed by atoms with Crippen molar-refractivity contribution in [2.75, 3.05) is 13.2 Å². The average Bonchev–Trinajstić information content (AvgIpc) is 2.47. The lowest BCUT2D eigenvalue weighted by atomic mass is 9.99. The highest BCUT2D eigenvalue weighted by Gasteiger charge is 2.36. The van der Waals surface area contributed by atoms with E-state index in [1.165, 1.54) is 0 Å². The molecule has 5 heteroatoms. The van der Waals surface area contributed by atoms with Gasteiger partial charge in [-0.3, -0.25) is 9.59 Å². The first-order valence-electron chi connectivity index (χ1n) is 7.50. The summed E-state index contributed by atoms with van der Waals surface area (Å²) in [4.78, 5) is 26.4. The van der Waals surface area contributed by atoms with Crippen LogP contribution in [0.2, 0.25) is 5.02 Å². The molecule has 1 heterocycles. The van der Waals surface area contributed by atoms with Gasteiger partial charge in [0.15, 0.2) is 5.78 Å². The van der Waals surface area contributed by atoms with Gasteiger partial charge in [0.05, 0.1) is 18.2 Å². The van der Waals surface area contributed by atoms with Crippen molar-refractivity contribution >= 4 is 23.3 Å². The van der Waals surface area contributed by atoms with Crippen LogP contribution in [0.25, 0.3) is 0 Å². The number of carbonyl (C=O) groups excluding carboxylic acids is 2. The number of hydrogen-bond donors (Lipinski definition) is 0. The van der Waals surface area contributed by atoms with Gasteiger partial charge >= 0.3 is 0 Å². The number of halogens is 1. The molecule has 1 aromatic carbocycles. The van der Waals surface area contributed by atoms with E-state index in [1.807, 2.05) is 25.7 Å². The van der Waals surface area contributed by atoms with E-state index >= 15 is 0 Å². The molecule has 0 aliphatic carbocycles. The first-order chi connectivity index (χ1) is 10.3. The van der Waals surface area contributed by atoms with Gasteiger partial charge in [-0.05, 0) is 32.9 Å². The van der Waals surface area contributed by atoms with Crippen LogP contribution in [0.5, 0.6) is 0 Å². The van der Waals surface area contributed by atoms with Gasteiger partial charge in [0, 0.05) is 30.0 Å². The zero-order chi connectivity index (χ0) is 16.3. The lowest BCUT2D eigenvalue weighted by Gasteiger charge is -2.44. The fourth-order valence-electron chi connectivity index (χ4n) is 2.58. The molecule has 0 spiro atoms. The summed E-state index contributed by atoms with van der Waals surface area (Å²) in [7, 11) is 0. The molecule has 1 unspecified atom stereocenters. The standard InChI is InChI=1S/C17H22ClNO3/c1-12-10-19(17(2,3)11-22-12)16(21)8-7-15(20)13-5-4-6-14(18)9-13/h4-6,9,12H,7-8,10-11H2,1-3H3. The molecule has 0 bridgehead atoms. The quantitative estimate of drug-likeness (QED) is 0.798. The molecule has 1 amide bonds. The number of rotatable bonds is 4. The van der Waals surface area contributed by atoms with Crippen molar-refractivity contribution in [3.63, 3.8) is 0 Å². The Kier molecular flexibility index (Phi) is 5.24. The minimum atomic E-state index is -0.331. The van der Waals surface area contributed by atoms with Gasteiger partial charge in [0.25, 0.3) is 0 Å². The van der Waals surface area contributed by atoms with Gasteiger partial charge in [-0.1, -0.05) is 23.7 Å². The summed E-state index contributed by atoms with van der Waals surface area (Å²) in [6.45, 7) is 7.00. The monoisotopic (exact) mass is 323 g/mol. The molecule has 4 nitrogen and oxygen atoms in total. The Morgan fingerprint density at radius 1 is 1.36 bits per heavy atom. The fourth-order valence-corrected chi connectivity index (χ4v) is 2.77. The summed E-state index contributed by atoms with van der Waals surface area (Å²) in [6.07, 6.45) is 0.434. The molecule has 1 atom stereocenters. The highest BCUT2D eigenvalue weighted by molar-refractivity contribution is 6.31. The molecule has 0 saturated carbocycles. The van der Waals surface area contributed by atoms with Crippen molar-refractivity contribution in [2.24, 2.45) is 0 Å². The maximum atomic E-state index is 12.5. The number of Topliss-reactive ketones (excluding diaryl/α,β-unsaturated/α-hetero) is 1. The van der Waals surface area contributed by atoms with Gasteiger partial charge in [-0.15, -0.1) is 0 Å². The summed E-state index contributed by atoms with van der Waals surface area (Å²) in [5.41, 5.74) is 0.220. The highest BCUT2D eigenvalue weighted by atomic mass is 35.5. The van der Waals surface area contributed by atoms with Crippen molar-refractivity contribution in [3.8, 4) is 0 Å². The second-order valence-electron chi connectivity index (χ2n) is 6.37. The van der Waals surface area contributed by atoms with E-state index in [-0.39, 0.29) is 36.2 Å². The maximum absolute atomic E-state index is 12.5. The van der Waals surface area contributed by atoms with E-state index in [2.05, 4.69) is 0 Å². The molecule has 2 rings (SSSR count). The van der Waals surface area contributed by atoms with Gasteiger partial charge in [0.2, 0.25) is 5.91 Å². The molecular formula is C17H22ClNO3. The van der Waals surface area contributed by atoms with E-state index in [4.69, 9.17) is 16.3 Å². The Bertz CT molecular complexity index is 571. The number of carbonyl (C=O) groups is 2. The summed E-state index contributed by atoms with van der Waals surface area (Å²) < 4.78 is 5.61. The van der Waals surface area contributed by atoms with Crippen LogP contribution in [-0.2, 0) is 9.53 Å². The van der Waals surface area contributed by atoms with Crippen LogP contribution in [0, 0.1) is 0 Å². The topological polar surface area (TPSA) is 46.6 Å². The molecule has 22 heavy (non-hydrogen) atoms. The molecule has 1 saturated heterocycles. The molecule has 0 aromatic heterocycles. The van der Waals surface area contributed by atoms with Crippen molar-refractivity contribution in [3.05, 3.63) is 34.9 Å². The minimum absolute atomic E-state index is 0.00414. The third-order valence-electron chi connectivity index (χ3n) is 3.91. The summed E-state index contributed by atoms with van der Waals surface area (Å²) in [5, 5.41) is 0.528. The van der Waals surface area contributed by atoms with Crippen molar-refractivity contribution in [2.45, 2.75) is 45.3 Å². The normalized spacial score (nSPS) is 20.7. The number of nitrogens with zero attached hydrogens (tertiary/aromatic N) is 1. The zero-order valence-electron chi connectivity index (χ0n) is 13.3. The van der Waals surface area contributed by atoms with Crippen molar-refractivity contribution < 1.29 is 14.3 Å². The molecule has 120 valence electrons. The SMILES string of the molecule is CC1CN(C(=O)CCC(=O)c2cccc(Cl)c2)C(C)(C)CO1. The van der Waals surface area contributed by atoms with Crippen LogP contribution >= 0.6 is 11.6 Å². The van der Waals surface area contributed by atoms with Crippen molar-refractivity contribution in [1.82, 2.24) is 4.90 Å². The molecule has 0 radical (unpaired) electrons. The first-order valence-corrected chi connectivity index (χ1v) is 7.88. The second-order valence-corrected chi connectivity index (χ2v) is 6.81. The molecule has 0 N–H and O–H groups in total. The number of morpholine rings is 1. The Labute approximate surface area is 136 Å². The number of ether oxygens (including phenoxy) is 1. The summed E-state index contributed by atoms with van der Waals surface area (Å²) in [5.74, 6) is -0.0644. The Hall–Kier alpha value is -1.39. The fraction of sp³-hybridized carbons (Fsp3) is 0.529. The van der Waals surface area contributed by atoms with E-state index in [0.717, 1.165) is 0 Å². The van der Waals surface area contributed by atoms with Gasteiger partial charge in [-0.2, -0.15) is 0 Å². The number of benzene rings is 1. The lowest BCUT2D eigenvalue weighted by Crippen LogP contribution is -2.57. The Morgan fingerprint density at radius 3 is 2.77 bits per heavy atom. The predicted molar refractivity (Wildman–Crippen MR) is 86.2 cm³/mol.